The van der Waals surface area contributed by atoms with E-state index >= 15 is 4.39 Å². The molecule has 2 aromatic carbocycles. The van der Waals surface area contributed by atoms with Crippen LogP contribution in [0.2, 0.25) is 0 Å². The van der Waals surface area contributed by atoms with Crippen molar-refractivity contribution in [3.8, 4) is 11.3 Å². The molecule has 3 aromatic heterocycles. The highest BCUT2D eigenvalue weighted by molar-refractivity contribution is 5.93. The van der Waals surface area contributed by atoms with Gasteiger partial charge in [-0.15, -0.1) is 0 Å². The first kappa shape index (κ1) is 23.0. The molecule has 1 saturated carbocycles. The molecule has 5 aromatic rings. The molecule has 0 spiro atoms. The van der Waals surface area contributed by atoms with E-state index in [-0.39, 0.29) is 33.7 Å². The smallest absolute Gasteiger partial charge is 0.258 e. The fourth-order valence-corrected chi connectivity index (χ4v) is 6.54. The van der Waals surface area contributed by atoms with Gasteiger partial charge < -0.3 is 15.2 Å². The highest BCUT2D eigenvalue weighted by atomic mass is 19.1. The number of nitrogens with two attached hydrogens (primary N) is 1. The van der Waals surface area contributed by atoms with Gasteiger partial charge in [-0.1, -0.05) is 18.2 Å². The van der Waals surface area contributed by atoms with Crippen LogP contribution in [-0.4, -0.2) is 44.4 Å². The summed E-state index contributed by atoms with van der Waals surface area (Å²) in [5.74, 6) is 0.513. The van der Waals surface area contributed by atoms with Gasteiger partial charge in [-0.25, -0.2) is 18.7 Å². The van der Waals surface area contributed by atoms with Gasteiger partial charge in [-0.3, -0.25) is 9.89 Å². The van der Waals surface area contributed by atoms with Crippen molar-refractivity contribution < 1.29 is 8.78 Å². The molecule has 7 rings (SSSR count). The Labute approximate surface area is 216 Å². The lowest BCUT2D eigenvalue weighted by atomic mass is 9.91. The first-order valence-corrected chi connectivity index (χ1v) is 12.6. The lowest BCUT2D eigenvalue weighted by Crippen LogP contribution is -2.32. The number of pyridine rings is 1. The van der Waals surface area contributed by atoms with Gasteiger partial charge in [0, 0.05) is 49.2 Å². The van der Waals surface area contributed by atoms with Crippen LogP contribution in [-0.2, 0) is 12.5 Å². The third-order valence-electron chi connectivity index (χ3n) is 8.58. The van der Waals surface area contributed by atoms with Crippen LogP contribution in [0.3, 0.4) is 0 Å². The quantitative estimate of drug-likeness (QED) is 0.381. The standard InChI is InChI=1S/C28H25F2N7O/c1-36-10-8-15-16(27(36)38)6-7-17(23(15)30)24-25-26(35-34-24)33-22(12-32-25)37-11-9-18-20(13-37)28(18,14-31)19-4-2-3-5-21(19)29/h2-8,10,12,18,20H,9,11,13-14,31H2,1H3,(H,33,34,35)/t18-,20+,28-/m1/s1. The van der Waals surface area contributed by atoms with E-state index in [0.29, 0.717) is 52.6 Å². The summed E-state index contributed by atoms with van der Waals surface area (Å²) >= 11 is 0. The Bertz CT molecular complexity index is 1800. The van der Waals surface area contributed by atoms with Crippen LogP contribution < -0.4 is 16.2 Å². The summed E-state index contributed by atoms with van der Waals surface area (Å²) < 4.78 is 31.6. The van der Waals surface area contributed by atoms with Gasteiger partial charge in [-0.2, -0.15) is 5.10 Å². The third kappa shape index (κ3) is 3.10. The second-order valence-electron chi connectivity index (χ2n) is 10.3. The molecule has 3 atom stereocenters. The van der Waals surface area contributed by atoms with Crippen molar-refractivity contribution in [3.63, 3.8) is 0 Å². The zero-order valence-electron chi connectivity index (χ0n) is 20.7. The van der Waals surface area contributed by atoms with Crippen LogP contribution in [0.4, 0.5) is 14.6 Å². The zero-order chi connectivity index (χ0) is 26.2. The van der Waals surface area contributed by atoms with Crippen LogP contribution in [0, 0.1) is 23.5 Å². The van der Waals surface area contributed by atoms with Crippen LogP contribution in [0.25, 0.3) is 33.2 Å². The van der Waals surface area contributed by atoms with Gasteiger partial charge in [0.1, 0.15) is 23.0 Å². The molecule has 192 valence electrons. The number of benzene rings is 2. The van der Waals surface area contributed by atoms with Crippen molar-refractivity contribution in [1.29, 1.82) is 0 Å². The Morgan fingerprint density at radius 1 is 1.13 bits per heavy atom. The molecule has 4 heterocycles. The number of H-pyrrole nitrogens is 1. The third-order valence-corrected chi connectivity index (χ3v) is 8.58. The molecule has 2 aliphatic rings. The van der Waals surface area contributed by atoms with Crippen molar-refractivity contribution in [2.45, 2.75) is 11.8 Å². The number of halogens is 2. The topological polar surface area (TPSA) is 106 Å². The predicted octanol–water partition coefficient (Wildman–Crippen LogP) is 3.50. The Morgan fingerprint density at radius 2 is 1.97 bits per heavy atom. The number of rotatable bonds is 4. The minimum Gasteiger partial charge on any atom is -0.355 e. The molecule has 1 aliphatic carbocycles. The van der Waals surface area contributed by atoms with Crippen molar-refractivity contribution >= 4 is 27.8 Å². The minimum absolute atomic E-state index is 0.203. The zero-order valence-corrected chi connectivity index (χ0v) is 20.7. The molecule has 0 radical (unpaired) electrons. The Hall–Kier alpha value is -4.18. The maximum Gasteiger partial charge on any atom is 0.258 e. The van der Waals surface area contributed by atoms with E-state index in [1.54, 1.807) is 43.7 Å². The van der Waals surface area contributed by atoms with Crippen molar-refractivity contribution in [1.82, 2.24) is 24.7 Å². The molecule has 1 saturated heterocycles. The van der Waals surface area contributed by atoms with Gasteiger partial charge in [0.15, 0.2) is 0 Å². The van der Waals surface area contributed by atoms with Gasteiger partial charge in [0.2, 0.25) is 5.65 Å². The number of aromatic amines is 1. The molecule has 10 heteroatoms. The fraction of sp³-hybridized carbons (Fsp3) is 0.286. The molecule has 0 amide bonds. The number of fused-ring (bicyclic) bond motifs is 3. The number of aryl methyl sites for hydroxylation is 1. The average Bonchev–Trinajstić information content (AvgIpc) is 3.40. The largest absolute Gasteiger partial charge is 0.355 e. The lowest BCUT2D eigenvalue weighted by molar-refractivity contribution is 0.533. The molecule has 2 fully saturated rings. The molecular formula is C28H25F2N7O. The monoisotopic (exact) mass is 513 g/mol. The summed E-state index contributed by atoms with van der Waals surface area (Å²) in [4.78, 5) is 23.8. The van der Waals surface area contributed by atoms with E-state index in [1.807, 2.05) is 12.1 Å². The van der Waals surface area contributed by atoms with Crippen LogP contribution in [0.15, 0.2) is 59.7 Å². The summed E-state index contributed by atoms with van der Waals surface area (Å²) in [7, 11) is 1.63. The van der Waals surface area contributed by atoms with E-state index in [0.717, 1.165) is 13.0 Å². The van der Waals surface area contributed by atoms with Gasteiger partial charge in [-0.05, 0) is 48.1 Å². The summed E-state index contributed by atoms with van der Waals surface area (Å²) in [5.41, 5.74) is 7.81. The van der Waals surface area contributed by atoms with E-state index in [9.17, 15) is 9.18 Å². The van der Waals surface area contributed by atoms with Gasteiger partial charge >= 0.3 is 0 Å². The molecule has 38 heavy (non-hydrogen) atoms. The second kappa shape index (κ2) is 8.16. The van der Waals surface area contributed by atoms with Crippen LogP contribution in [0.1, 0.15) is 12.0 Å². The first-order chi connectivity index (χ1) is 18.4. The second-order valence-corrected chi connectivity index (χ2v) is 10.3. The average molecular weight is 514 g/mol. The number of nitrogens with zero attached hydrogens (tertiary/aromatic N) is 5. The highest BCUT2D eigenvalue weighted by Crippen LogP contribution is 2.63. The van der Waals surface area contributed by atoms with E-state index < -0.39 is 5.82 Å². The maximum absolute atomic E-state index is 15.5. The lowest BCUT2D eigenvalue weighted by Gasteiger charge is -2.26. The van der Waals surface area contributed by atoms with Gasteiger partial charge in [0.05, 0.1) is 17.3 Å². The summed E-state index contributed by atoms with van der Waals surface area (Å²) in [6.07, 6.45) is 4.10. The normalized spacial score (nSPS) is 22.7. The van der Waals surface area contributed by atoms with Crippen LogP contribution in [0.5, 0.6) is 0 Å². The summed E-state index contributed by atoms with van der Waals surface area (Å²) in [6.45, 7) is 1.85. The van der Waals surface area contributed by atoms with Gasteiger partial charge in [0.25, 0.3) is 5.56 Å². The Morgan fingerprint density at radius 3 is 2.79 bits per heavy atom. The molecule has 1 aliphatic heterocycles. The summed E-state index contributed by atoms with van der Waals surface area (Å²) in [5, 5.41) is 7.74. The number of aromatic nitrogens is 5. The summed E-state index contributed by atoms with van der Waals surface area (Å²) in [6, 6.07) is 11.7. The number of hydrogen-bond acceptors (Lipinski definition) is 6. The van der Waals surface area contributed by atoms with Crippen molar-refractivity contribution in [2.24, 2.45) is 24.6 Å². The van der Waals surface area contributed by atoms with E-state index in [2.05, 4.69) is 20.1 Å². The molecular weight excluding hydrogens is 488 g/mol. The van der Waals surface area contributed by atoms with Crippen LogP contribution >= 0.6 is 0 Å². The number of nitrogens with one attached hydrogen (secondary N) is 1. The fourth-order valence-electron chi connectivity index (χ4n) is 6.54. The minimum atomic E-state index is -0.515. The first-order valence-electron chi connectivity index (χ1n) is 12.6. The van der Waals surface area contributed by atoms with E-state index in [4.69, 9.17) is 10.7 Å². The number of hydrogen-bond donors (Lipinski definition) is 2. The SMILES string of the molecule is Cn1ccc2c(F)c(-c3[nH]nc4nc(N5CC[C@@H]6[C@H](C5)[C@@]6(CN)c5ccccc5F)cnc34)ccc2c1=O. The molecule has 0 unspecified atom stereocenters. The Balaban J connectivity index is 1.21. The number of piperidine rings is 1. The maximum atomic E-state index is 15.5. The molecule has 0 bridgehead atoms. The van der Waals surface area contributed by atoms with E-state index in [1.165, 1.54) is 10.6 Å². The van der Waals surface area contributed by atoms with Crippen molar-refractivity contribution in [3.05, 3.63) is 82.4 Å². The number of anilines is 1. The van der Waals surface area contributed by atoms with Crippen molar-refractivity contribution in [2.75, 3.05) is 24.5 Å². The highest BCUT2D eigenvalue weighted by Gasteiger charge is 2.66. The Kier molecular flexibility index (Phi) is 4.93. The predicted molar refractivity (Wildman–Crippen MR) is 141 cm³/mol. The molecule has 3 N–H and O–H groups in total. The molecule has 8 nitrogen and oxygen atoms in total.